The molecule has 0 spiro atoms. The number of hydrogen-bond donors (Lipinski definition) is 3. The molecular formula is C25H27F3N2O5. The molecule has 2 unspecified atom stereocenters. The standard InChI is InChI=1S/C25H27F3N2O5/c1-15(12-22(31)29-11-10-16(13-23(32)33)25(26,27)28)30-24(34)35-14-21-19-8-4-2-6-17(19)18-7-3-5-9-20(18)21/h2-9,15-16,21H,10-14H2,1H3,(H,29,31)(H,30,34)(H,32,33). The van der Waals surface area contributed by atoms with Crippen LogP contribution >= 0.6 is 0 Å². The smallest absolute Gasteiger partial charge is 0.407 e. The first-order chi connectivity index (χ1) is 16.6. The molecule has 188 valence electrons. The predicted octanol–water partition coefficient (Wildman–Crippen LogP) is 4.46. The van der Waals surface area contributed by atoms with Gasteiger partial charge in [-0.25, -0.2) is 4.79 Å². The van der Waals surface area contributed by atoms with E-state index in [2.05, 4.69) is 10.6 Å². The number of alkyl carbamates (subject to hydrolysis) is 1. The highest BCUT2D eigenvalue weighted by Gasteiger charge is 2.40. The molecule has 2 atom stereocenters. The Kier molecular flexibility index (Phi) is 8.37. The van der Waals surface area contributed by atoms with Gasteiger partial charge in [-0.15, -0.1) is 0 Å². The summed E-state index contributed by atoms with van der Waals surface area (Å²) < 4.78 is 44.0. The number of alkyl halides is 3. The van der Waals surface area contributed by atoms with Gasteiger partial charge in [-0.3, -0.25) is 9.59 Å². The molecule has 3 rings (SSSR count). The Hall–Kier alpha value is -3.56. The Labute approximate surface area is 200 Å². The van der Waals surface area contributed by atoms with E-state index < -0.39 is 48.9 Å². The first-order valence-corrected chi connectivity index (χ1v) is 11.2. The van der Waals surface area contributed by atoms with Crippen LogP contribution in [0.3, 0.4) is 0 Å². The van der Waals surface area contributed by atoms with E-state index >= 15 is 0 Å². The normalized spacial score (nSPS) is 14.4. The van der Waals surface area contributed by atoms with Crippen LogP contribution in [0.2, 0.25) is 0 Å². The van der Waals surface area contributed by atoms with Gasteiger partial charge in [-0.2, -0.15) is 13.2 Å². The Morgan fingerprint density at radius 2 is 1.57 bits per heavy atom. The lowest BCUT2D eigenvalue weighted by Gasteiger charge is -2.19. The number of carboxylic acids is 1. The Balaban J connectivity index is 1.44. The van der Waals surface area contributed by atoms with Gasteiger partial charge in [0.25, 0.3) is 0 Å². The molecule has 0 heterocycles. The van der Waals surface area contributed by atoms with E-state index in [0.717, 1.165) is 22.3 Å². The minimum absolute atomic E-state index is 0.112. The second-order valence-corrected chi connectivity index (χ2v) is 8.55. The molecule has 0 aromatic heterocycles. The van der Waals surface area contributed by atoms with E-state index in [1.165, 1.54) is 0 Å². The number of fused-ring (bicyclic) bond motifs is 3. The number of rotatable bonds is 10. The van der Waals surface area contributed by atoms with E-state index in [1.54, 1.807) is 6.92 Å². The summed E-state index contributed by atoms with van der Waals surface area (Å²) in [5.41, 5.74) is 4.32. The van der Waals surface area contributed by atoms with Crippen molar-refractivity contribution in [2.24, 2.45) is 5.92 Å². The van der Waals surface area contributed by atoms with Crippen molar-refractivity contribution in [1.29, 1.82) is 0 Å². The van der Waals surface area contributed by atoms with E-state index in [-0.39, 0.29) is 25.5 Å². The lowest BCUT2D eigenvalue weighted by atomic mass is 9.98. The summed E-state index contributed by atoms with van der Waals surface area (Å²) in [5, 5.41) is 13.5. The van der Waals surface area contributed by atoms with Crippen molar-refractivity contribution in [1.82, 2.24) is 10.6 Å². The van der Waals surface area contributed by atoms with Crippen LogP contribution < -0.4 is 10.6 Å². The van der Waals surface area contributed by atoms with E-state index in [9.17, 15) is 27.6 Å². The average molecular weight is 492 g/mol. The molecule has 1 aliphatic carbocycles. The van der Waals surface area contributed by atoms with Crippen molar-refractivity contribution in [2.75, 3.05) is 13.2 Å². The van der Waals surface area contributed by atoms with Gasteiger partial charge in [-0.1, -0.05) is 48.5 Å². The summed E-state index contributed by atoms with van der Waals surface area (Å²) in [7, 11) is 0. The number of carbonyl (C=O) groups is 3. The second-order valence-electron chi connectivity index (χ2n) is 8.55. The molecule has 0 saturated heterocycles. The highest BCUT2D eigenvalue weighted by molar-refractivity contribution is 5.79. The first-order valence-electron chi connectivity index (χ1n) is 11.2. The molecule has 1 aliphatic rings. The molecular weight excluding hydrogens is 465 g/mol. The van der Waals surface area contributed by atoms with Crippen molar-refractivity contribution in [2.45, 2.75) is 44.3 Å². The maximum absolute atomic E-state index is 12.9. The molecule has 3 N–H and O–H groups in total. The number of aliphatic carboxylic acids is 1. The first kappa shape index (κ1) is 26.1. The van der Waals surface area contributed by atoms with Crippen LogP contribution in [-0.4, -0.2) is 48.4 Å². The number of amides is 2. The van der Waals surface area contributed by atoms with Gasteiger partial charge in [0.2, 0.25) is 5.91 Å². The number of hydrogen-bond acceptors (Lipinski definition) is 4. The van der Waals surface area contributed by atoms with Gasteiger partial charge < -0.3 is 20.5 Å². The van der Waals surface area contributed by atoms with Crippen LogP contribution in [0.1, 0.15) is 43.2 Å². The predicted molar refractivity (Wildman–Crippen MR) is 122 cm³/mol. The molecule has 10 heteroatoms. The zero-order chi connectivity index (χ0) is 25.6. The van der Waals surface area contributed by atoms with Gasteiger partial charge in [0.05, 0.1) is 12.3 Å². The fourth-order valence-electron chi connectivity index (χ4n) is 4.22. The van der Waals surface area contributed by atoms with Crippen LogP contribution in [0.4, 0.5) is 18.0 Å². The summed E-state index contributed by atoms with van der Waals surface area (Å²) in [6, 6.07) is 15.2. The van der Waals surface area contributed by atoms with Gasteiger partial charge in [0, 0.05) is 24.9 Å². The molecule has 0 bridgehead atoms. The number of ether oxygens (including phenoxy) is 1. The van der Waals surface area contributed by atoms with E-state index in [4.69, 9.17) is 9.84 Å². The van der Waals surface area contributed by atoms with Crippen molar-refractivity contribution in [3.8, 4) is 11.1 Å². The quantitative estimate of drug-likeness (QED) is 0.454. The SMILES string of the molecule is CC(CC(=O)NCCC(CC(=O)O)C(F)(F)F)NC(=O)OCC1c2ccccc2-c2ccccc21. The zero-order valence-electron chi connectivity index (χ0n) is 19.1. The number of benzene rings is 2. The van der Waals surface area contributed by atoms with Gasteiger partial charge in [-0.05, 0) is 35.6 Å². The minimum atomic E-state index is -4.66. The Bertz CT molecular complexity index is 1030. The second kappa shape index (κ2) is 11.2. The Morgan fingerprint density at radius 3 is 2.11 bits per heavy atom. The van der Waals surface area contributed by atoms with E-state index in [1.807, 2.05) is 48.5 Å². The minimum Gasteiger partial charge on any atom is -0.481 e. The third kappa shape index (κ3) is 6.97. The summed E-state index contributed by atoms with van der Waals surface area (Å²) in [6.45, 7) is 1.36. The lowest BCUT2D eigenvalue weighted by Crippen LogP contribution is -2.39. The summed E-state index contributed by atoms with van der Waals surface area (Å²) in [5.74, 6) is -4.27. The molecule has 0 saturated carbocycles. The van der Waals surface area contributed by atoms with Crippen molar-refractivity contribution in [3.63, 3.8) is 0 Å². The molecule has 0 fully saturated rings. The third-order valence-electron chi connectivity index (χ3n) is 5.90. The number of carboxylic acid groups (broad SMARTS) is 1. The Morgan fingerprint density at radius 1 is 1.00 bits per heavy atom. The monoisotopic (exact) mass is 492 g/mol. The molecule has 2 amide bonds. The molecule has 0 aliphatic heterocycles. The number of halogens is 3. The highest BCUT2D eigenvalue weighted by Crippen LogP contribution is 2.44. The lowest BCUT2D eigenvalue weighted by molar-refractivity contribution is -0.184. The fourth-order valence-corrected chi connectivity index (χ4v) is 4.22. The van der Waals surface area contributed by atoms with Crippen LogP contribution in [0, 0.1) is 5.92 Å². The summed E-state index contributed by atoms with van der Waals surface area (Å²) in [6.07, 6.45) is -7.14. The summed E-state index contributed by atoms with van der Waals surface area (Å²) in [4.78, 5) is 34.9. The molecule has 7 nitrogen and oxygen atoms in total. The molecule has 2 aromatic rings. The largest absolute Gasteiger partial charge is 0.481 e. The van der Waals surface area contributed by atoms with Crippen molar-refractivity contribution in [3.05, 3.63) is 59.7 Å². The van der Waals surface area contributed by atoms with Gasteiger partial charge in [0.1, 0.15) is 6.61 Å². The fraction of sp³-hybridized carbons (Fsp3) is 0.400. The zero-order valence-corrected chi connectivity index (χ0v) is 19.1. The van der Waals surface area contributed by atoms with Crippen LogP contribution in [0.15, 0.2) is 48.5 Å². The highest BCUT2D eigenvalue weighted by atomic mass is 19.4. The summed E-state index contributed by atoms with van der Waals surface area (Å²) >= 11 is 0. The maximum atomic E-state index is 12.9. The molecule has 35 heavy (non-hydrogen) atoms. The third-order valence-corrected chi connectivity index (χ3v) is 5.90. The van der Waals surface area contributed by atoms with Crippen molar-refractivity contribution >= 4 is 18.0 Å². The van der Waals surface area contributed by atoms with Crippen molar-refractivity contribution < 1.29 is 37.4 Å². The molecule has 0 radical (unpaired) electrons. The van der Waals surface area contributed by atoms with Gasteiger partial charge in [0.15, 0.2) is 0 Å². The topological polar surface area (TPSA) is 105 Å². The van der Waals surface area contributed by atoms with Crippen LogP contribution in [0.5, 0.6) is 0 Å². The molecule has 2 aromatic carbocycles. The van der Waals surface area contributed by atoms with Crippen LogP contribution in [-0.2, 0) is 14.3 Å². The average Bonchev–Trinajstić information content (AvgIpc) is 3.10. The van der Waals surface area contributed by atoms with E-state index in [0.29, 0.717) is 0 Å². The number of nitrogens with one attached hydrogen (secondary N) is 2. The van der Waals surface area contributed by atoms with Crippen LogP contribution in [0.25, 0.3) is 11.1 Å². The van der Waals surface area contributed by atoms with Gasteiger partial charge >= 0.3 is 18.2 Å². The number of carbonyl (C=O) groups excluding carboxylic acids is 2. The maximum Gasteiger partial charge on any atom is 0.407 e.